The van der Waals surface area contributed by atoms with E-state index in [2.05, 4.69) is 4.98 Å². The minimum Gasteiger partial charge on any atom is -0.487 e. The molecule has 2 rings (SSSR count). The summed E-state index contributed by atoms with van der Waals surface area (Å²) in [6, 6.07) is 8.15. The van der Waals surface area contributed by atoms with Crippen LogP contribution in [0.3, 0.4) is 0 Å². The van der Waals surface area contributed by atoms with Crippen LogP contribution in [-0.2, 0) is 19.3 Å². The van der Waals surface area contributed by atoms with Crippen LogP contribution in [0.15, 0.2) is 42.6 Å². The first-order chi connectivity index (χ1) is 9.49. The SMILES string of the molecule is NCc1ccc(COc2ccc(C(F)(F)F)cc2)nc1. The highest BCUT2D eigenvalue weighted by atomic mass is 19.4. The van der Waals surface area contributed by atoms with Gasteiger partial charge in [0, 0.05) is 12.7 Å². The van der Waals surface area contributed by atoms with Crippen molar-refractivity contribution in [1.29, 1.82) is 0 Å². The Bertz CT molecular complexity index is 550. The summed E-state index contributed by atoms with van der Waals surface area (Å²) < 4.78 is 42.5. The molecule has 1 heterocycles. The predicted octanol–water partition coefficient (Wildman–Crippen LogP) is 3.14. The van der Waals surface area contributed by atoms with E-state index >= 15 is 0 Å². The van der Waals surface area contributed by atoms with E-state index in [1.807, 2.05) is 6.07 Å². The third-order valence-electron chi connectivity index (χ3n) is 2.69. The third kappa shape index (κ3) is 3.71. The standard InChI is InChI=1S/C14H13F3N2O/c15-14(16,17)11-2-5-13(6-3-11)20-9-12-4-1-10(7-18)8-19-12/h1-6,8H,7,9,18H2. The van der Waals surface area contributed by atoms with Crippen molar-refractivity contribution in [1.82, 2.24) is 4.98 Å². The van der Waals surface area contributed by atoms with Crippen LogP contribution in [0.5, 0.6) is 5.75 Å². The first kappa shape index (κ1) is 14.3. The number of nitrogens with zero attached hydrogens (tertiary/aromatic N) is 1. The van der Waals surface area contributed by atoms with E-state index in [1.165, 1.54) is 12.1 Å². The molecule has 0 aliphatic carbocycles. The van der Waals surface area contributed by atoms with Gasteiger partial charge >= 0.3 is 6.18 Å². The molecule has 1 aromatic carbocycles. The summed E-state index contributed by atoms with van der Waals surface area (Å²) in [5.41, 5.74) is 6.34. The first-order valence-electron chi connectivity index (χ1n) is 5.93. The summed E-state index contributed by atoms with van der Waals surface area (Å²) >= 11 is 0. The lowest BCUT2D eigenvalue weighted by Gasteiger charge is -2.09. The van der Waals surface area contributed by atoms with Gasteiger partial charge in [-0.2, -0.15) is 13.2 Å². The molecule has 0 unspecified atom stereocenters. The molecule has 20 heavy (non-hydrogen) atoms. The maximum atomic E-state index is 12.4. The van der Waals surface area contributed by atoms with Gasteiger partial charge in [0.1, 0.15) is 12.4 Å². The maximum absolute atomic E-state index is 12.4. The summed E-state index contributed by atoms with van der Waals surface area (Å²) in [6.07, 6.45) is -2.69. The van der Waals surface area contributed by atoms with Crippen LogP contribution in [-0.4, -0.2) is 4.98 Å². The normalized spacial score (nSPS) is 11.4. The van der Waals surface area contributed by atoms with Crippen molar-refractivity contribution in [2.24, 2.45) is 5.73 Å². The molecule has 0 atom stereocenters. The van der Waals surface area contributed by atoms with Crippen molar-refractivity contribution in [3.8, 4) is 5.75 Å². The van der Waals surface area contributed by atoms with Crippen molar-refractivity contribution in [3.63, 3.8) is 0 Å². The minimum absolute atomic E-state index is 0.191. The van der Waals surface area contributed by atoms with Gasteiger partial charge in [0.25, 0.3) is 0 Å². The predicted molar refractivity (Wildman–Crippen MR) is 67.9 cm³/mol. The van der Waals surface area contributed by atoms with Gasteiger partial charge in [0.2, 0.25) is 0 Å². The average molecular weight is 282 g/mol. The number of halogens is 3. The number of ether oxygens (including phenoxy) is 1. The topological polar surface area (TPSA) is 48.1 Å². The average Bonchev–Trinajstić information content (AvgIpc) is 2.45. The largest absolute Gasteiger partial charge is 0.487 e. The second-order valence-electron chi connectivity index (χ2n) is 4.17. The Morgan fingerprint density at radius 2 is 1.75 bits per heavy atom. The Kier molecular flexibility index (Phi) is 4.24. The lowest BCUT2D eigenvalue weighted by Crippen LogP contribution is -2.05. The van der Waals surface area contributed by atoms with E-state index in [-0.39, 0.29) is 6.61 Å². The molecule has 0 aliphatic heterocycles. The van der Waals surface area contributed by atoms with E-state index in [0.717, 1.165) is 17.7 Å². The third-order valence-corrected chi connectivity index (χ3v) is 2.69. The first-order valence-corrected chi connectivity index (χ1v) is 5.93. The van der Waals surface area contributed by atoms with Crippen LogP contribution in [0.4, 0.5) is 13.2 Å². The van der Waals surface area contributed by atoms with Crippen molar-refractivity contribution < 1.29 is 17.9 Å². The molecule has 6 heteroatoms. The van der Waals surface area contributed by atoms with Crippen LogP contribution >= 0.6 is 0 Å². The van der Waals surface area contributed by atoms with Gasteiger partial charge in [-0.3, -0.25) is 4.98 Å². The molecule has 2 aromatic rings. The van der Waals surface area contributed by atoms with Crippen LogP contribution in [0.2, 0.25) is 0 Å². The lowest BCUT2D eigenvalue weighted by molar-refractivity contribution is -0.137. The van der Waals surface area contributed by atoms with Crippen molar-refractivity contribution in [3.05, 3.63) is 59.4 Å². The fourth-order valence-corrected chi connectivity index (χ4v) is 1.56. The number of nitrogens with two attached hydrogens (primary N) is 1. The Balaban J connectivity index is 1.96. The van der Waals surface area contributed by atoms with E-state index < -0.39 is 11.7 Å². The highest BCUT2D eigenvalue weighted by Gasteiger charge is 2.29. The lowest BCUT2D eigenvalue weighted by atomic mass is 10.2. The second-order valence-corrected chi connectivity index (χ2v) is 4.17. The molecule has 106 valence electrons. The smallest absolute Gasteiger partial charge is 0.416 e. The Morgan fingerprint density at radius 1 is 1.05 bits per heavy atom. The summed E-state index contributed by atoms with van der Waals surface area (Å²) in [7, 11) is 0. The Labute approximate surface area is 114 Å². The zero-order valence-electron chi connectivity index (χ0n) is 10.5. The molecule has 0 fully saturated rings. The number of rotatable bonds is 4. The molecule has 1 aromatic heterocycles. The summed E-state index contributed by atoms with van der Waals surface area (Å²) in [4.78, 5) is 4.14. The molecule has 3 nitrogen and oxygen atoms in total. The van der Waals surface area contributed by atoms with Crippen LogP contribution in [0.25, 0.3) is 0 Å². The number of hydrogen-bond acceptors (Lipinski definition) is 3. The summed E-state index contributed by atoms with van der Waals surface area (Å²) in [5.74, 6) is 0.364. The second kappa shape index (κ2) is 5.92. The maximum Gasteiger partial charge on any atom is 0.416 e. The van der Waals surface area contributed by atoms with Gasteiger partial charge in [0.05, 0.1) is 11.3 Å². The zero-order valence-corrected chi connectivity index (χ0v) is 10.5. The molecule has 0 bridgehead atoms. The number of aromatic nitrogens is 1. The highest BCUT2D eigenvalue weighted by Crippen LogP contribution is 2.30. The molecule has 0 saturated carbocycles. The van der Waals surface area contributed by atoms with Gasteiger partial charge in [-0.1, -0.05) is 6.07 Å². The van der Waals surface area contributed by atoms with Crippen LogP contribution in [0, 0.1) is 0 Å². The van der Waals surface area contributed by atoms with E-state index in [1.54, 1.807) is 12.3 Å². The van der Waals surface area contributed by atoms with E-state index in [9.17, 15) is 13.2 Å². The summed E-state index contributed by atoms with van der Waals surface area (Å²) in [6.45, 7) is 0.600. The fourth-order valence-electron chi connectivity index (χ4n) is 1.56. The van der Waals surface area contributed by atoms with Gasteiger partial charge < -0.3 is 10.5 Å². The minimum atomic E-state index is -4.34. The van der Waals surface area contributed by atoms with E-state index in [4.69, 9.17) is 10.5 Å². The molecule has 0 aliphatic rings. The van der Waals surface area contributed by atoms with Gasteiger partial charge in [-0.15, -0.1) is 0 Å². The quantitative estimate of drug-likeness (QED) is 0.937. The van der Waals surface area contributed by atoms with Crippen LogP contribution < -0.4 is 10.5 Å². The van der Waals surface area contributed by atoms with Crippen molar-refractivity contribution in [2.45, 2.75) is 19.3 Å². The van der Waals surface area contributed by atoms with Crippen LogP contribution in [0.1, 0.15) is 16.8 Å². The molecular weight excluding hydrogens is 269 g/mol. The Morgan fingerprint density at radius 3 is 2.25 bits per heavy atom. The van der Waals surface area contributed by atoms with Crippen molar-refractivity contribution >= 4 is 0 Å². The van der Waals surface area contributed by atoms with Gasteiger partial charge in [-0.25, -0.2) is 0 Å². The number of hydrogen-bond donors (Lipinski definition) is 1. The van der Waals surface area contributed by atoms with Crippen molar-refractivity contribution in [2.75, 3.05) is 0 Å². The molecule has 0 amide bonds. The molecule has 0 radical (unpaired) electrons. The number of alkyl halides is 3. The fraction of sp³-hybridized carbons (Fsp3) is 0.214. The molecule has 0 spiro atoms. The highest BCUT2D eigenvalue weighted by molar-refractivity contribution is 5.29. The monoisotopic (exact) mass is 282 g/mol. The summed E-state index contributed by atoms with van der Waals surface area (Å²) in [5, 5.41) is 0. The molecule has 0 saturated heterocycles. The molecular formula is C14H13F3N2O. The van der Waals surface area contributed by atoms with E-state index in [0.29, 0.717) is 18.0 Å². The number of benzene rings is 1. The Hall–Kier alpha value is -2.08. The molecule has 2 N–H and O–H groups in total. The van der Waals surface area contributed by atoms with Gasteiger partial charge in [-0.05, 0) is 35.9 Å². The number of pyridine rings is 1. The zero-order chi connectivity index (χ0) is 14.6. The van der Waals surface area contributed by atoms with Gasteiger partial charge in [0.15, 0.2) is 0 Å².